The molecular weight excluding hydrogens is 344 g/mol. The lowest BCUT2D eigenvalue weighted by Gasteiger charge is -2.03. The van der Waals surface area contributed by atoms with E-state index in [1.54, 1.807) is 11.8 Å². The zero-order valence-electron chi connectivity index (χ0n) is 12.7. The molecule has 0 aliphatic heterocycles. The second kappa shape index (κ2) is 9.64. The van der Waals surface area contributed by atoms with E-state index in [0.717, 1.165) is 22.3 Å². The van der Waals surface area contributed by atoms with Crippen molar-refractivity contribution in [3.63, 3.8) is 0 Å². The van der Waals surface area contributed by atoms with Gasteiger partial charge in [0.2, 0.25) is 0 Å². The molecule has 0 heterocycles. The summed E-state index contributed by atoms with van der Waals surface area (Å²) in [7, 11) is 1.91. The third-order valence-electron chi connectivity index (χ3n) is 2.96. The number of thioether (sulfide) groups is 1. The summed E-state index contributed by atoms with van der Waals surface area (Å²) in [5.74, 6) is 0. The third-order valence-corrected chi connectivity index (χ3v) is 4.25. The van der Waals surface area contributed by atoms with Crippen molar-refractivity contribution in [2.75, 3.05) is 18.6 Å². The molecule has 0 fully saturated rings. The van der Waals surface area contributed by atoms with Gasteiger partial charge in [0.05, 0.1) is 5.69 Å². The van der Waals surface area contributed by atoms with Gasteiger partial charge < -0.3 is 5.32 Å². The lowest BCUT2D eigenvalue weighted by Crippen LogP contribution is -1.85. The normalized spacial score (nSPS) is 9.52. The average molecular weight is 365 g/mol. The number of aliphatic imine (C=N–C) groups is 1. The topological polar surface area (TPSA) is 24.4 Å². The van der Waals surface area contributed by atoms with E-state index in [4.69, 9.17) is 0 Å². The number of hydrogen-bond acceptors (Lipinski definition) is 3. The van der Waals surface area contributed by atoms with Crippen LogP contribution in [0.15, 0.2) is 56.8 Å². The fraction of sp³-hybridized carbons (Fsp3) is 0.235. The van der Waals surface area contributed by atoms with Gasteiger partial charge in [-0.3, -0.25) is 4.99 Å². The second-order valence-corrected chi connectivity index (χ2v) is 6.04. The van der Waals surface area contributed by atoms with Crippen LogP contribution in [0.3, 0.4) is 0 Å². The van der Waals surface area contributed by atoms with Gasteiger partial charge in [0.1, 0.15) is 0 Å². The first-order valence-electron chi connectivity index (χ1n) is 6.71. The van der Waals surface area contributed by atoms with Crippen LogP contribution in [-0.4, -0.2) is 20.0 Å². The van der Waals surface area contributed by atoms with Crippen LogP contribution in [0.5, 0.6) is 0 Å². The van der Waals surface area contributed by atoms with Crippen LogP contribution in [0.1, 0.15) is 12.5 Å². The predicted molar refractivity (Wildman–Crippen MR) is 100 cm³/mol. The van der Waals surface area contributed by atoms with Crippen molar-refractivity contribution in [2.24, 2.45) is 4.99 Å². The quantitative estimate of drug-likeness (QED) is 0.547. The second-order valence-electron chi connectivity index (χ2n) is 4.27. The Morgan fingerprint density at radius 2 is 1.86 bits per heavy atom. The van der Waals surface area contributed by atoms with Crippen LogP contribution in [0, 0.1) is 0 Å². The lowest BCUT2D eigenvalue weighted by molar-refractivity contribution is 1.12. The summed E-state index contributed by atoms with van der Waals surface area (Å²) in [5.41, 5.74) is 3.48. The number of nitrogens with zero attached hydrogens (tertiary/aromatic N) is 1. The van der Waals surface area contributed by atoms with Gasteiger partial charge >= 0.3 is 0 Å². The Morgan fingerprint density at radius 3 is 2.33 bits per heavy atom. The van der Waals surface area contributed by atoms with Crippen LogP contribution in [0.25, 0.3) is 0 Å². The van der Waals surface area contributed by atoms with E-state index < -0.39 is 0 Å². The molecule has 2 rings (SSSR count). The van der Waals surface area contributed by atoms with E-state index >= 15 is 0 Å². The number of nitrogens with one attached hydrogen (secondary N) is 1. The van der Waals surface area contributed by atoms with Gasteiger partial charge in [-0.15, -0.1) is 11.8 Å². The largest absolute Gasteiger partial charge is 0.388 e. The molecule has 0 atom stereocenters. The summed E-state index contributed by atoms with van der Waals surface area (Å²) < 4.78 is 1.11. The van der Waals surface area contributed by atoms with Crippen molar-refractivity contribution < 1.29 is 0 Å². The number of hydrogen-bond donors (Lipinski definition) is 1. The smallest absolute Gasteiger partial charge is 0.0758 e. The predicted octanol–water partition coefficient (Wildman–Crippen LogP) is 5.79. The first-order valence-corrected chi connectivity index (χ1v) is 8.73. The van der Waals surface area contributed by atoms with Gasteiger partial charge in [-0.2, -0.15) is 0 Å². The zero-order valence-corrected chi connectivity index (χ0v) is 15.1. The molecule has 0 aromatic heterocycles. The van der Waals surface area contributed by atoms with Crippen LogP contribution in [0.2, 0.25) is 0 Å². The van der Waals surface area contributed by atoms with E-state index in [0.29, 0.717) is 0 Å². The minimum absolute atomic E-state index is 0.986. The Hall–Kier alpha value is -1.26. The Labute approximate surface area is 140 Å². The van der Waals surface area contributed by atoms with E-state index in [-0.39, 0.29) is 0 Å². The van der Waals surface area contributed by atoms with Crippen LogP contribution < -0.4 is 5.32 Å². The van der Waals surface area contributed by atoms with E-state index in [1.807, 2.05) is 37.4 Å². The van der Waals surface area contributed by atoms with Crippen LogP contribution >= 0.6 is 27.7 Å². The highest BCUT2D eigenvalue weighted by molar-refractivity contribution is 9.10. The van der Waals surface area contributed by atoms with Crippen LogP contribution in [0.4, 0.5) is 11.4 Å². The molecule has 0 aliphatic rings. The van der Waals surface area contributed by atoms with Crippen molar-refractivity contribution >= 4 is 45.8 Å². The van der Waals surface area contributed by atoms with Gasteiger partial charge in [0.15, 0.2) is 0 Å². The maximum Gasteiger partial charge on any atom is 0.0758 e. The molecule has 1 N–H and O–H groups in total. The van der Waals surface area contributed by atoms with Crippen molar-refractivity contribution in [3.05, 3.63) is 52.5 Å². The molecule has 21 heavy (non-hydrogen) atoms. The molecule has 2 aromatic rings. The Kier molecular flexibility index (Phi) is 8.16. The van der Waals surface area contributed by atoms with Crippen LogP contribution in [-0.2, 0) is 6.42 Å². The molecule has 0 aliphatic carbocycles. The molecule has 0 bridgehead atoms. The SMILES string of the molecule is C=Nc1ccc(CC)cc1SC.CNc1ccc(Br)cc1. The molecule has 0 saturated carbocycles. The molecule has 0 saturated heterocycles. The minimum Gasteiger partial charge on any atom is -0.388 e. The van der Waals surface area contributed by atoms with Gasteiger partial charge in [-0.05, 0) is 61.4 Å². The molecule has 0 unspecified atom stereocenters. The molecule has 2 nitrogen and oxygen atoms in total. The highest BCUT2D eigenvalue weighted by Crippen LogP contribution is 2.28. The first-order chi connectivity index (χ1) is 10.1. The van der Waals surface area contributed by atoms with E-state index in [9.17, 15) is 0 Å². The zero-order chi connectivity index (χ0) is 15.7. The van der Waals surface area contributed by atoms with E-state index in [1.165, 1.54) is 10.5 Å². The number of anilines is 1. The molecular formula is C17H21BrN2S. The van der Waals surface area contributed by atoms with Crippen molar-refractivity contribution in [3.8, 4) is 0 Å². The summed E-state index contributed by atoms with van der Waals surface area (Å²) in [6, 6.07) is 14.3. The maximum absolute atomic E-state index is 3.95. The molecule has 0 amide bonds. The average Bonchev–Trinajstić information content (AvgIpc) is 2.55. The summed E-state index contributed by atoms with van der Waals surface area (Å²) in [6.45, 7) is 5.68. The summed E-state index contributed by atoms with van der Waals surface area (Å²) >= 11 is 5.06. The molecule has 0 spiro atoms. The van der Waals surface area contributed by atoms with Gasteiger partial charge in [0.25, 0.3) is 0 Å². The maximum atomic E-state index is 3.95. The lowest BCUT2D eigenvalue weighted by atomic mass is 10.1. The molecule has 4 heteroatoms. The molecule has 2 aromatic carbocycles. The fourth-order valence-electron chi connectivity index (χ4n) is 1.69. The highest BCUT2D eigenvalue weighted by atomic mass is 79.9. The van der Waals surface area contributed by atoms with Gasteiger partial charge in [0, 0.05) is 22.1 Å². The first kappa shape index (κ1) is 17.8. The summed E-state index contributed by atoms with van der Waals surface area (Å²) in [6.07, 6.45) is 3.13. The number of rotatable bonds is 4. The van der Waals surface area contributed by atoms with Crippen molar-refractivity contribution in [1.82, 2.24) is 0 Å². The van der Waals surface area contributed by atoms with Crippen molar-refractivity contribution in [2.45, 2.75) is 18.2 Å². The van der Waals surface area contributed by atoms with Gasteiger partial charge in [-0.1, -0.05) is 28.9 Å². The summed E-state index contributed by atoms with van der Waals surface area (Å²) in [5, 5.41) is 3.03. The number of benzene rings is 2. The molecule has 112 valence electrons. The highest BCUT2D eigenvalue weighted by Gasteiger charge is 1.99. The Morgan fingerprint density at radius 1 is 1.19 bits per heavy atom. The van der Waals surface area contributed by atoms with Crippen molar-refractivity contribution in [1.29, 1.82) is 0 Å². The summed E-state index contributed by atoms with van der Waals surface area (Å²) in [4.78, 5) is 5.16. The van der Waals surface area contributed by atoms with E-state index in [2.05, 4.69) is 58.3 Å². The van der Waals surface area contributed by atoms with Gasteiger partial charge in [-0.25, -0.2) is 0 Å². The third kappa shape index (κ3) is 5.94. The molecule has 0 radical (unpaired) electrons. The number of aryl methyl sites for hydroxylation is 1. The Balaban J connectivity index is 0.000000219. The standard InChI is InChI=1S/C10H13NS.C7H8BrN/c1-4-8-5-6-9(11-2)10(7-8)12-3;1-9-7-4-2-6(8)3-5-7/h5-7H,2,4H2,1,3H3;2-5,9H,1H3. The monoisotopic (exact) mass is 364 g/mol. The number of halogens is 1. The Bertz CT molecular complexity index is 568. The minimum atomic E-state index is 0.986. The fourth-order valence-corrected chi connectivity index (χ4v) is 2.56.